The van der Waals surface area contributed by atoms with Gasteiger partial charge in [0, 0.05) is 32.6 Å². The molecule has 0 bridgehead atoms. The lowest BCUT2D eigenvalue weighted by Crippen LogP contribution is -2.44. The zero-order chi connectivity index (χ0) is 16.8. The molecule has 1 aromatic rings. The summed E-state index contributed by atoms with van der Waals surface area (Å²) in [4.78, 5) is 6.89. The van der Waals surface area contributed by atoms with Gasteiger partial charge in [-0.3, -0.25) is 9.89 Å². The van der Waals surface area contributed by atoms with E-state index in [0.717, 1.165) is 43.7 Å². The summed E-state index contributed by atoms with van der Waals surface area (Å²) >= 11 is 0. The molecule has 2 aliphatic rings. The van der Waals surface area contributed by atoms with Gasteiger partial charge in [-0.05, 0) is 38.8 Å². The number of likely N-dealkylation sites (tertiary alicyclic amines) is 1. The van der Waals surface area contributed by atoms with E-state index in [4.69, 9.17) is 0 Å². The van der Waals surface area contributed by atoms with Crippen LogP contribution < -0.4 is 10.6 Å². The molecule has 0 aromatic carbocycles. The van der Waals surface area contributed by atoms with Crippen LogP contribution in [0.5, 0.6) is 0 Å². The number of aliphatic imine (C=N–C) groups is 1. The van der Waals surface area contributed by atoms with Crippen LogP contribution in [0, 0.1) is 0 Å². The van der Waals surface area contributed by atoms with E-state index < -0.39 is 0 Å². The van der Waals surface area contributed by atoms with Crippen molar-refractivity contribution < 1.29 is 0 Å². The van der Waals surface area contributed by atoms with Gasteiger partial charge < -0.3 is 15.2 Å². The highest BCUT2D eigenvalue weighted by Gasteiger charge is 2.22. The number of nitrogens with one attached hydrogen (secondary N) is 2. The van der Waals surface area contributed by atoms with Crippen molar-refractivity contribution in [2.75, 3.05) is 26.7 Å². The SMILES string of the molecule is CCN1CCCC1CNC(=NC)NCc1nnc2n1CCCCC2. The first kappa shape index (κ1) is 17.2. The molecule has 1 unspecified atom stereocenters. The van der Waals surface area contributed by atoms with Crippen LogP contribution in [0.2, 0.25) is 0 Å². The highest BCUT2D eigenvalue weighted by atomic mass is 15.3. The van der Waals surface area contributed by atoms with Gasteiger partial charge in [0.05, 0.1) is 6.54 Å². The Morgan fingerprint density at radius 2 is 2.08 bits per heavy atom. The molecule has 0 spiro atoms. The summed E-state index contributed by atoms with van der Waals surface area (Å²) in [5.41, 5.74) is 0. The largest absolute Gasteiger partial charge is 0.355 e. The molecule has 24 heavy (non-hydrogen) atoms. The summed E-state index contributed by atoms with van der Waals surface area (Å²) in [6.45, 7) is 7.26. The van der Waals surface area contributed by atoms with E-state index in [2.05, 4.69) is 42.2 Å². The van der Waals surface area contributed by atoms with Gasteiger partial charge in [0.1, 0.15) is 5.82 Å². The predicted molar refractivity (Wildman–Crippen MR) is 96.0 cm³/mol. The predicted octanol–water partition coefficient (Wildman–Crippen LogP) is 1.15. The quantitative estimate of drug-likeness (QED) is 0.625. The van der Waals surface area contributed by atoms with E-state index in [0.29, 0.717) is 12.6 Å². The van der Waals surface area contributed by atoms with Crippen LogP contribution in [-0.2, 0) is 19.5 Å². The third-order valence-corrected chi connectivity index (χ3v) is 5.23. The minimum atomic E-state index is 0.623. The zero-order valence-corrected chi connectivity index (χ0v) is 15.1. The lowest BCUT2D eigenvalue weighted by atomic mass is 10.2. The lowest BCUT2D eigenvalue weighted by molar-refractivity contribution is 0.267. The summed E-state index contributed by atoms with van der Waals surface area (Å²) in [6.07, 6.45) is 7.36. The van der Waals surface area contributed by atoms with Crippen LogP contribution in [0.25, 0.3) is 0 Å². The van der Waals surface area contributed by atoms with Gasteiger partial charge in [0.25, 0.3) is 0 Å². The number of aromatic nitrogens is 3. The third-order valence-electron chi connectivity index (χ3n) is 5.23. The van der Waals surface area contributed by atoms with Gasteiger partial charge in [0.15, 0.2) is 11.8 Å². The van der Waals surface area contributed by atoms with E-state index in [1.807, 2.05) is 7.05 Å². The molecule has 3 heterocycles. The molecule has 7 heteroatoms. The molecule has 134 valence electrons. The Morgan fingerprint density at radius 1 is 1.17 bits per heavy atom. The van der Waals surface area contributed by atoms with Crippen molar-refractivity contribution in [1.29, 1.82) is 0 Å². The van der Waals surface area contributed by atoms with Gasteiger partial charge >= 0.3 is 0 Å². The van der Waals surface area contributed by atoms with Gasteiger partial charge in [-0.15, -0.1) is 10.2 Å². The molecule has 1 aromatic heterocycles. The molecule has 7 nitrogen and oxygen atoms in total. The summed E-state index contributed by atoms with van der Waals surface area (Å²) in [6, 6.07) is 0.623. The fourth-order valence-corrected chi connectivity index (χ4v) is 3.82. The molecule has 2 N–H and O–H groups in total. The Kier molecular flexibility index (Phi) is 6.07. The van der Waals surface area contributed by atoms with Crippen molar-refractivity contribution in [3.8, 4) is 0 Å². The van der Waals surface area contributed by atoms with Gasteiger partial charge in [-0.2, -0.15) is 0 Å². The topological polar surface area (TPSA) is 70.4 Å². The highest BCUT2D eigenvalue weighted by molar-refractivity contribution is 5.79. The molecular formula is C17H31N7. The van der Waals surface area contributed by atoms with Gasteiger partial charge in [-0.1, -0.05) is 13.3 Å². The first-order valence-corrected chi connectivity index (χ1v) is 9.41. The molecular weight excluding hydrogens is 302 g/mol. The number of hydrogen-bond donors (Lipinski definition) is 2. The van der Waals surface area contributed by atoms with Crippen molar-refractivity contribution in [3.63, 3.8) is 0 Å². The molecule has 2 aliphatic heterocycles. The summed E-state index contributed by atoms with van der Waals surface area (Å²) < 4.78 is 2.28. The number of aryl methyl sites for hydroxylation is 1. The normalized spacial score (nSPS) is 22.2. The van der Waals surface area contributed by atoms with Crippen molar-refractivity contribution in [3.05, 3.63) is 11.6 Å². The van der Waals surface area contributed by atoms with Crippen LogP contribution in [0.4, 0.5) is 0 Å². The average molecular weight is 333 g/mol. The number of likely N-dealkylation sites (N-methyl/N-ethyl adjacent to an activating group) is 1. The highest BCUT2D eigenvalue weighted by Crippen LogP contribution is 2.16. The van der Waals surface area contributed by atoms with Crippen LogP contribution >= 0.6 is 0 Å². The number of fused-ring (bicyclic) bond motifs is 1. The Morgan fingerprint density at radius 3 is 2.92 bits per heavy atom. The smallest absolute Gasteiger partial charge is 0.191 e. The minimum absolute atomic E-state index is 0.623. The Balaban J connectivity index is 1.50. The second-order valence-corrected chi connectivity index (χ2v) is 6.73. The Hall–Kier alpha value is -1.63. The molecule has 1 atom stereocenters. The lowest BCUT2D eigenvalue weighted by Gasteiger charge is -2.23. The second-order valence-electron chi connectivity index (χ2n) is 6.73. The molecule has 0 radical (unpaired) electrons. The first-order chi connectivity index (χ1) is 11.8. The number of hydrogen-bond acceptors (Lipinski definition) is 4. The third kappa shape index (κ3) is 4.06. The van der Waals surface area contributed by atoms with Crippen LogP contribution in [-0.4, -0.2) is 58.3 Å². The van der Waals surface area contributed by atoms with E-state index in [9.17, 15) is 0 Å². The van der Waals surface area contributed by atoms with Crippen molar-refractivity contribution in [1.82, 2.24) is 30.3 Å². The monoisotopic (exact) mass is 333 g/mol. The minimum Gasteiger partial charge on any atom is -0.355 e. The van der Waals surface area contributed by atoms with Crippen LogP contribution in [0.3, 0.4) is 0 Å². The second kappa shape index (κ2) is 8.46. The van der Waals surface area contributed by atoms with E-state index in [1.165, 1.54) is 38.6 Å². The first-order valence-electron chi connectivity index (χ1n) is 9.41. The summed E-state index contributed by atoms with van der Waals surface area (Å²) in [7, 11) is 1.83. The molecule has 1 saturated heterocycles. The van der Waals surface area contributed by atoms with Crippen molar-refractivity contribution in [2.45, 2.75) is 64.6 Å². The average Bonchev–Trinajstić information content (AvgIpc) is 3.15. The molecule has 0 aliphatic carbocycles. The van der Waals surface area contributed by atoms with Crippen molar-refractivity contribution in [2.24, 2.45) is 4.99 Å². The number of rotatable bonds is 5. The summed E-state index contributed by atoms with van der Waals surface area (Å²) in [5, 5.41) is 15.6. The molecule has 0 saturated carbocycles. The number of guanidine groups is 1. The number of nitrogens with zero attached hydrogens (tertiary/aromatic N) is 5. The fourth-order valence-electron chi connectivity index (χ4n) is 3.82. The molecule has 1 fully saturated rings. The Labute approximate surface area is 144 Å². The maximum atomic E-state index is 4.37. The van der Waals surface area contributed by atoms with E-state index >= 15 is 0 Å². The maximum Gasteiger partial charge on any atom is 0.191 e. The van der Waals surface area contributed by atoms with Crippen LogP contribution in [0.15, 0.2) is 4.99 Å². The van der Waals surface area contributed by atoms with E-state index in [1.54, 1.807) is 0 Å². The maximum absolute atomic E-state index is 4.37. The standard InChI is InChI=1S/C17H31N7/c1-3-23-10-7-8-14(23)12-19-17(18-2)20-13-16-22-21-15-9-5-4-6-11-24(15)16/h14H,3-13H2,1-2H3,(H2,18,19,20). The van der Waals surface area contributed by atoms with E-state index in [-0.39, 0.29) is 0 Å². The molecule has 0 amide bonds. The zero-order valence-electron chi connectivity index (χ0n) is 15.1. The van der Waals surface area contributed by atoms with Gasteiger partial charge in [0.2, 0.25) is 0 Å². The molecule has 3 rings (SSSR count). The fraction of sp³-hybridized carbons (Fsp3) is 0.824. The van der Waals surface area contributed by atoms with Crippen LogP contribution in [0.1, 0.15) is 50.7 Å². The summed E-state index contributed by atoms with van der Waals surface area (Å²) in [5.74, 6) is 3.01. The Bertz CT molecular complexity index is 551. The van der Waals surface area contributed by atoms with Crippen molar-refractivity contribution >= 4 is 5.96 Å². The van der Waals surface area contributed by atoms with Gasteiger partial charge in [-0.25, -0.2) is 0 Å².